The van der Waals surface area contributed by atoms with Crippen molar-refractivity contribution in [2.45, 2.75) is 77.1 Å². The number of methoxy groups -OCH3 is 1. The highest BCUT2D eigenvalue weighted by molar-refractivity contribution is 5.98. The zero-order valence-corrected chi connectivity index (χ0v) is 26.1. The van der Waals surface area contributed by atoms with Crippen molar-refractivity contribution < 1.29 is 33.4 Å². The SMILES string of the molecule is COc1ccc(C[C@H](NC(=O)[C@H](C)NC(=O)CN2CCOCC2)C(=O)N[C@@H](CC2C[C@@H](C)[C@@H](C)C2)C(=O)[C@@]2(C)CO2)cc1. The number of epoxide rings is 1. The third-order valence-corrected chi connectivity index (χ3v) is 9.16. The molecule has 4 rings (SSSR count). The topological polar surface area (TPSA) is 139 Å². The fourth-order valence-corrected chi connectivity index (χ4v) is 6.08. The number of amides is 3. The van der Waals surface area contributed by atoms with Gasteiger partial charge in [0.2, 0.25) is 17.7 Å². The van der Waals surface area contributed by atoms with Crippen LogP contribution in [0.4, 0.5) is 0 Å². The number of nitrogens with zero attached hydrogens (tertiary/aromatic N) is 1. The summed E-state index contributed by atoms with van der Waals surface area (Å²) in [4.78, 5) is 55.2. The van der Waals surface area contributed by atoms with Gasteiger partial charge in [0.05, 0.1) is 39.5 Å². The molecule has 0 aromatic heterocycles. The molecule has 0 spiro atoms. The molecule has 1 saturated carbocycles. The van der Waals surface area contributed by atoms with Crippen molar-refractivity contribution in [3.63, 3.8) is 0 Å². The molecule has 11 heteroatoms. The number of morpholine rings is 1. The van der Waals surface area contributed by atoms with E-state index < -0.39 is 35.5 Å². The molecule has 43 heavy (non-hydrogen) atoms. The third kappa shape index (κ3) is 9.23. The number of ether oxygens (including phenoxy) is 3. The summed E-state index contributed by atoms with van der Waals surface area (Å²) in [7, 11) is 1.58. The molecule has 2 aliphatic heterocycles. The lowest BCUT2D eigenvalue weighted by atomic mass is 9.90. The molecule has 238 valence electrons. The Bertz CT molecular complexity index is 1120. The lowest BCUT2D eigenvalue weighted by Crippen LogP contribution is -2.57. The van der Waals surface area contributed by atoms with Gasteiger partial charge < -0.3 is 30.2 Å². The fourth-order valence-electron chi connectivity index (χ4n) is 6.08. The van der Waals surface area contributed by atoms with Gasteiger partial charge >= 0.3 is 0 Å². The highest BCUT2D eigenvalue weighted by atomic mass is 16.6. The van der Waals surface area contributed by atoms with Gasteiger partial charge in [-0.3, -0.25) is 24.1 Å². The number of Topliss-reactive ketones (excluding diaryl/α,β-unsaturated/α-hetero) is 1. The molecule has 0 bridgehead atoms. The van der Waals surface area contributed by atoms with Crippen LogP contribution in [0, 0.1) is 17.8 Å². The van der Waals surface area contributed by atoms with Gasteiger partial charge in [-0.1, -0.05) is 26.0 Å². The number of rotatable bonds is 14. The first-order valence-corrected chi connectivity index (χ1v) is 15.5. The maximum absolute atomic E-state index is 13.8. The molecule has 2 saturated heterocycles. The smallest absolute Gasteiger partial charge is 0.243 e. The van der Waals surface area contributed by atoms with Gasteiger partial charge in [-0.25, -0.2) is 0 Å². The number of nitrogens with one attached hydrogen (secondary N) is 3. The van der Waals surface area contributed by atoms with Gasteiger partial charge in [-0.2, -0.15) is 0 Å². The Morgan fingerprint density at radius 2 is 1.58 bits per heavy atom. The van der Waals surface area contributed by atoms with E-state index in [1.54, 1.807) is 33.1 Å². The molecule has 1 aliphatic carbocycles. The van der Waals surface area contributed by atoms with Crippen molar-refractivity contribution >= 4 is 23.5 Å². The highest BCUT2D eigenvalue weighted by Gasteiger charge is 2.51. The van der Waals surface area contributed by atoms with Crippen LogP contribution < -0.4 is 20.7 Å². The molecule has 3 fully saturated rings. The number of hydrogen-bond acceptors (Lipinski definition) is 8. The van der Waals surface area contributed by atoms with E-state index in [2.05, 4.69) is 29.8 Å². The Balaban J connectivity index is 1.45. The minimum absolute atomic E-state index is 0.133. The van der Waals surface area contributed by atoms with Crippen LogP contribution in [0.25, 0.3) is 0 Å². The summed E-state index contributed by atoms with van der Waals surface area (Å²) in [6, 6.07) is 4.70. The van der Waals surface area contributed by atoms with Crippen molar-refractivity contribution in [2.24, 2.45) is 17.8 Å². The van der Waals surface area contributed by atoms with Crippen molar-refractivity contribution in [3.05, 3.63) is 29.8 Å². The minimum Gasteiger partial charge on any atom is -0.497 e. The van der Waals surface area contributed by atoms with Gasteiger partial charge in [-0.15, -0.1) is 0 Å². The second-order valence-electron chi connectivity index (χ2n) is 12.8. The van der Waals surface area contributed by atoms with Crippen molar-refractivity contribution in [2.75, 3.05) is 46.6 Å². The number of carbonyl (C=O) groups excluding carboxylic acids is 4. The summed E-state index contributed by atoms with van der Waals surface area (Å²) in [5.74, 6) is 0.778. The first kappa shape index (κ1) is 32.9. The van der Waals surface area contributed by atoms with Gasteiger partial charge in [0.15, 0.2) is 5.78 Å². The van der Waals surface area contributed by atoms with E-state index in [0.29, 0.717) is 62.8 Å². The first-order valence-electron chi connectivity index (χ1n) is 15.5. The van der Waals surface area contributed by atoms with E-state index in [1.165, 1.54) is 0 Å². The number of hydrogen-bond donors (Lipinski definition) is 3. The number of benzene rings is 1. The highest BCUT2D eigenvalue weighted by Crippen LogP contribution is 2.39. The fraction of sp³-hybridized carbons (Fsp3) is 0.688. The van der Waals surface area contributed by atoms with Gasteiger partial charge in [0.25, 0.3) is 0 Å². The monoisotopic (exact) mass is 600 g/mol. The van der Waals surface area contributed by atoms with E-state index in [4.69, 9.17) is 14.2 Å². The molecule has 1 aromatic carbocycles. The summed E-state index contributed by atoms with van der Waals surface area (Å²) >= 11 is 0. The predicted molar refractivity (Wildman–Crippen MR) is 160 cm³/mol. The third-order valence-electron chi connectivity index (χ3n) is 9.16. The number of ketones is 1. The standard InChI is InChI=1S/C32H48N4O7/c1-20-14-24(15-21(20)2)17-26(29(38)32(4)19-43-32)34-31(40)27(16-23-6-8-25(41-5)9-7-23)35-30(39)22(3)33-28(37)18-36-10-12-42-13-11-36/h6-9,20-22,24,26-27H,10-19H2,1-5H3,(H,33,37)(H,34,40)(H,35,39)/t20-,21+,22-,24?,26-,27-,32+/m0/s1. The largest absolute Gasteiger partial charge is 0.497 e. The first-order chi connectivity index (χ1) is 20.5. The predicted octanol–water partition coefficient (Wildman–Crippen LogP) is 1.47. The van der Waals surface area contributed by atoms with Crippen LogP contribution in [-0.2, 0) is 35.1 Å². The molecular weight excluding hydrogens is 552 g/mol. The molecule has 2 heterocycles. The van der Waals surface area contributed by atoms with E-state index in [9.17, 15) is 19.2 Å². The van der Waals surface area contributed by atoms with E-state index in [0.717, 1.165) is 18.4 Å². The maximum atomic E-state index is 13.8. The van der Waals surface area contributed by atoms with Crippen molar-refractivity contribution in [1.29, 1.82) is 0 Å². The van der Waals surface area contributed by atoms with Crippen LogP contribution in [0.2, 0.25) is 0 Å². The average molecular weight is 601 g/mol. The molecule has 3 N–H and O–H groups in total. The minimum atomic E-state index is -0.968. The van der Waals surface area contributed by atoms with Crippen molar-refractivity contribution in [1.82, 2.24) is 20.9 Å². The lowest BCUT2D eigenvalue weighted by molar-refractivity contribution is -0.134. The Labute approximate surface area is 254 Å². The van der Waals surface area contributed by atoms with Gasteiger partial charge in [-0.05, 0) is 68.6 Å². The van der Waals surface area contributed by atoms with Gasteiger partial charge in [0, 0.05) is 19.5 Å². The molecule has 3 amide bonds. The summed E-state index contributed by atoms with van der Waals surface area (Å²) in [6.07, 6.45) is 2.75. The second-order valence-corrected chi connectivity index (χ2v) is 12.8. The second kappa shape index (κ2) is 14.6. The summed E-state index contributed by atoms with van der Waals surface area (Å²) in [5, 5.41) is 8.57. The average Bonchev–Trinajstić information content (AvgIpc) is 3.66. The van der Waals surface area contributed by atoms with Crippen LogP contribution in [0.5, 0.6) is 5.75 Å². The summed E-state index contributed by atoms with van der Waals surface area (Å²) in [5.41, 5.74) is -0.0778. The molecule has 0 radical (unpaired) electrons. The van der Waals surface area contributed by atoms with E-state index in [1.807, 2.05) is 17.0 Å². The molecule has 1 unspecified atom stereocenters. The van der Waals surface area contributed by atoms with E-state index in [-0.39, 0.29) is 24.7 Å². The van der Waals surface area contributed by atoms with Crippen LogP contribution in [-0.4, -0.2) is 98.7 Å². The Kier molecular flexibility index (Phi) is 11.2. The lowest BCUT2D eigenvalue weighted by Gasteiger charge is -2.27. The summed E-state index contributed by atoms with van der Waals surface area (Å²) in [6.45, 7) is 10.8. The number of carbonyl (C=O) groups is 4. The van der Waals surface area contributed by atoms with Crippen LogP contribution >= 0.6 is 0 Å². The molecule has 7 atom stereocenters. The molecule has 11 nitrogen and oxygen atoms in total. The quantitative estimate of drug-likeness (QED) is 0.273. The zero-order valence-electron chi connectivity index (χ0n) is 26.1. The Morgan fingerprint density at radius 3 is 2.16 bits per heavy atom. The van der Waals surface area contributed by atoms with Crippen LogP contribution in [0.1, 0.15) is 52.5 Å². The normalized spacial score (nSPS) is 27.4. The molecular formula is C32H48N4O7. The molecule has 3 aliphatic rings. The van der Waals surface area contributed by atoms with Crippen molar-refractivity contribution in [3.8, 4) is 5.75 Å². The van der Waals surface area contributed by atoms with Crippen LogP contribution in [0.3, 0.4) is 0 Å². The summed E-state index contributed by atoms with van der Waals surface area (Å²) < 4.78 is 16.0. The van der Waals surface area contributed by atoms with Crippen LogP contribution in [0.15, 0.2) is 24.3 Å². The Hall–Kier alpha value is -3.02. The van der Waals surface area contributed by atoms with E-state index >= 15 is 0 Å². The van der Waals surface area contributed by atoms with Gasteiger partial charge in [0.1, 0.15) is 23.4 Å². The maximum Gasteiger partial charge on any atom is 0.243 e. The zero-order chi connectivity index (χ0) is 31.1. The Morgan fingerprint density at radius 1 is 0.977 bits per heavy atom. The molecule has 1 aromatic rings.